The molecular formula is C18H21F3N4O. The fourth-order valence-corrected chi connectivity index (χ4v) is 3.34. The molecule has 5 nitrogen and oxygen atoms in total. The molecule has 2 atom stereocenters. The van der Waals surface area contributed by atoms with Gasteiger partial charge in [0.25, 0.3) is 0 Å². The molecule has 0 saturated heterocycles. The van der Waals surface area contributed by atoms with E-state index < -0.39 is 17.8 Å². The number of hydrogen-bond acceptors (Lipinski definition) is 3. The van der Waals surface area contributed by atoms with Crippen molar-refractivity contribution in [1.82, 2.24) is 20.7 Å². The minimum atomic E-state index is -4.40. The lowest BCUT2D eigenvalue weighted by atomic mass is 9.88. The van der Waals surface area contributed by atoms with E-state index in [0.29, 0.717) is 31.2 Å². The molecule has 3 rings (SSSR count). The predicted molar refractivity (Wildman–Crippen MR) is 89.1 cm³/mol. The summed E-state index contributed by atoms with van der Waals surface area (Å²) in [5.74, 6) is -0.382. The lowest BCUT2D eigenvalue weighted by molar-refractivity contribution is -0.137. The lowest BCUT2D eigenvalue weighted by Crippen LogP contribution is -2.36. The van der Waals surface area contributed by atoms with Gasteiger partial charge in [-0.25, -0.2) is 0 Å². The van der Waals surface area contributed by atoms with Crippen molar-refractivity contribution in [2.75, 3.05) is 0 Å². The monoisotopic (exact) mass is 366 g/mol. The van der Waals surface area contributed by atoms with E-state index in [-0.39, 0.29) is 11.8 Å². The molecule has 26 heavy (non-hydrogen) atoms. The number of aromatic nitrogens is 3. The summed E-state index contributed by atoms with van der Waals surface area (Å²) in [5.41, 5.74) is 1.46. The van der Waals surface area contributed by atoms with Crippen LogP contribution >= 0.6 is 0 Å². The second-order valence-corrected chi connectivity index (χ2v) is 6.63. The first-order valence-electron chi connectivity index (χ1n) is 8.74. The fraction of sp³-hybridized carbons (Fsp3) is 0.500. The number of amides is 1. The largest absolute Gasteiger partial charge is 0.416 e. The highest BCUT2D eigenvalue weighted by atomic mass is 19.4. The smallest absolute Gasteiger partial charge is 0.349 e. The molecule has 0 saturated carbocycles. The Labute approximate surface area is 149 Å². The first-order valence-corrected chi connectivity index (χ1v) is 8.74. The Kier molecular flexibility index (Phi) is 5.29. The molecule has 1 aromatic heterocycles. The van der Waals surface area contributed by atoms with E-state index in [9.17, 15) is 18.0 Å². The number of fused-ring (bicyclic) bond motifs is 1. The molecule has 2 N–H and O–H groups in total. The van der Waals surface area contributed by atoms with Crippen LogP contribution in [0.2, 0.25) is 0 Å². The van der Waals surface area contributed by atoms with E-state index in [1.807, 2.05) is 6.92 Å². The molecule has 1 aliphatic carbocycles. The maximum atomic E-state index is 13.0. The third kappa shape index (κ3) is 4.05. The molecule has 0 aliphatic heterocycles. The first kappa shape index (κ1) is 18.4. The van der Waals surface area contributed by atoms with Gasteiger partial charge in [-0.1, -0.05) is 25.5 Å². The fourth-order valence-electron chi connectivity index (χ4n) is 3.34. The lowest BCUT2D eigenvalue weighted by Gasteiger charge is -2.25. The van der Waals surface area contributed by atoms with Crippen molar-refractivity contribution in [1.29, 1.82) is 0 Å². The molecule has 0 spiro atoms. The third-order valence-electron chi connectivity index (χ3n) is 4.75. The van der Waals surface area contributed by atoms with Gasteiger partial charge in [-0.3, -0.25) is 4.79 Å². The van der Waals surface area contributed by atoms with E-state index in [1.165, 1.54) is 6.07 Å². The molecule has 0 unspecified atom stereocenters. The Morgan fingerprint density at radius 3 is 2.85 bits per heavy atom. The first-order chi connectivity index (χ1) is 12.4. The van der Waals surface area contributed by atoms with Gasteiger partial charge < -0.3 is 5.32 Å². The van der Waals surface area contributed by atoms with E-state index in [0.717, 1.165) is 29.9 Å². The van der Waals surface area contributed by atoms with Crippen LogP contribution in [0.5, 0.6) is 0 Å². The number of hydrogen-bond donors (Lipinski definition) is 2. The molecule has 1 heterocycles. The molecule has 0 radical (unpaired) electrons. The Balaban J connectivity index is 1.74. The number of carbonyl (C=O) groups is 1. The van der Waals surface area contributed by atoms with Gasteiger partial charge in [0.2, 0.25) is 5.91 Å². The standard InChI is InChI=1S/C18H21F3N4O/c1-2-4-14(11-5-3-6-13(9-11)18(19,20)21)22-17(26)12-7-8-15-16(10-12)24-25-23-15/h3,5-6,9,12,14H,2,4,7-8,10H2,1H3,(H,22,26)(H,23,24,25)/t12-,14+/m0/s1. The minimum absolute atomic E-state index is 0.144. The Morgan fingerprint density at radius 2 is 2.12 bits per heavy atom. The molecule has 140 valence electrons. The van der Waals surface area contributed by atoms with Gasteiger partial charge in [0.1, 0.15) is 0 Å². The highest BCUT2D eigenvalue weighted by molar-refractivity contribution is 5.79. The van der Waals surface area contributed by atoms with Crippen LogP contribution in [0.15, 0.2) is 24.3 Å². The number of carbonyl (C=O) groups excluding carboxylic acids is 1. The number of alkyl halides is 3. The summed E-state index contributed by atoms with van der Waals surface area (Å²) in [7, 11) is 0. The summed E-state index contributed by atoms with van der Waals surface area (Å²) >= 11 is 0. The predicted octanol–water partition coefficient (Wildman–Crippen LogP) is 3.59. The van der Waals surface area contributed by atoms with Crippen LogP contribution in [0.4, 0.5) is 13.2 Å². The van der Waals surface area contributed by atoms with E-state index in [2.05, 4.69) is 20.7 Å². The number of benzene rings is 1. The van der Waals surface area contributed by atoms with Gasteiger partial charge in [-0.15, -0.1) is 0 Å². The zero-order valence-electron chi connectivity index (χ0n) is 14.4. The minimum Gasteiger partial charge on any atom is -0.349 e. The van der Waals surface area contributed by atoms with Crippen LogP contribution in [0, 0.1) is 5.92 Å². The summed E-state index contributed by atoms with van der Waals surface area (Å²) in [6.45, 7) is 1.94. The van der Waals surface area contributed by atoms with Gasteiger partial charge in [-0.2, -0.15) is 28.6 Å². The number of nitrogens with zero attached hydrogens (tertiary/aromatic N) is 2. The highest BCUT2D eigenvalue weighted by Gasteiger charge is 2.32. The van der Waals surface area contributed by atoms with Crippen molar-refractivity contribution < 1.29 is 18.0 Å². The van der Waals surface area contributed by atoms with Crippen molar-refractivity contribution in [3.05, 3.63) is 46.8 Å². The van der Waals surface area contributed by atoms with E-state index in [1.54, 1.807) is 6.07 Å². The molecule has 1 amide bonds. The molecular weight excluding hydrogens is 345 g/mol. The van der Waals surface area contributed by atoms with Crippen LogP contribution in [0.1, 0.15) is 54.7 Å². The molecule has 8 heteroatoms. The number of aromatic amines is 1. The van der Waals surface area contributed by atoms with Gasteiger partial charge in [-0.05, 0) is 37.0 Å². The number of nitrogens with one attached hydrogen (secondary N) is 2. The Hall–Kier alpha value is -2.38. The quantitative estimate of drug-likeness (QED) is 0.850. The average molecular weight is 366 g/mol. The highest BCUT2D eigenvalue weighted by Crippen LogP contribution is 2.32. The van der Waals surface area contributed by atoms with Crippen molar-refractivity contribution in [3.8, 4) is 0 Å². The summed E-state index contributed by atoms with van der Waals surface area (Å²) in [4.78, 5) is 12.7. The van der Waals surface area contributed by atoms with E-state index in [4.69, 9.17) is 0 Å². The van der Waals surface area contributed by atoms with Crippen molar-refractivity contribution >= 4 is 5.91 Å². The zero-order valence-corrected chi connectivity index (χ0v) is 14.4. The van der Waals surface area contributed by atoms with E-state index >= 15 is 0 Å². The van der Waals surface area contributed by atoms with Gasteiger partial charge in [0.15, 0.2) is 0 Å². The average Bonchev–Trinajstić information content (AvgIpc) is 3.08. The van der Waals surface area contributed by atoms with Crippen LogP contribution in [-0.4, -0.2) is 21.3 Å². The SMILES string of the molecule is CCC[C@@H](NC(=O)[C@H]1CCc2n[nH]nc2C1)c1cccc(C(F)(F)F)c1. The molecule has 2 aromatic rings. The van der Waals surface area contributed by atoms with Gasteiger partial charge in [0.05, 0.1) is 23.0 Å². The molecule has 1 aliphatic rings. The molecule has 1 aromatic carbocycles. The second kappa shape index (κ2) is 7.47. The molecule has 0 fully saturated rings. The van der Waals surface area contributed by atoms with Crippen molar-refractivity contribution in [3.63, 3.8) is 0 Å². The van der Waals surface area contributed by atoms with Crippen LogP contribution in [0.3, 0.4) is 0 Å². The number of rotatable bonds is 5. The Bertz CT molecular complexity index is 772. The summed E-state index contributed by atoms with van der Waals surface area (Å²) in [6, 6.07) is 4.74. The van der Waals surface area contributed by atoms with Crippen LogP contribution < -0.4 is 5.32 Å². The number of halogens is 3. The third-order valence-corrected chi connectivity index (χ3v) is 4.75. The maximum Gasteiger partial charge on any atom is 0.416 e. The van der Waals surface area contributed by atoms with Crippen LogP contribution in [0.25, 0.3) is 0 Å². The van der Waals surface area contributed by atoms with Crippen molar-refractivity contribution in [2.45, 2.75) is 51.2 Å². The molecule has 0 bridgehead atoms. The summed E-state index contributed by atoms with van der Waals surface area (Å²) in [5, 5.41) is 13.6. The van der Waals surface area contributed by atoms with Gasteiger partial charge in [0, 0.05) is 12.3 Å². The second-order valence-electron chi connectivity index (χ2n) is 6.63. The number of aryl methyl sites for hydroxylation is 1. The zero-order chi connectivity index (χ0) is 18.7. The topological polar surface area (TPSA) is 70.7 Å². The summed E-state index contributed by atoms with van der Waals surface area (Å²) < 4.78 is 38.9. The number of H-pyrrole nitrogens is 1. The normalized spacial score (nSPS) is 18.2. The van der Waals surface area contributed by atoms with Crippen molar-refractivity contribution in [2.24, 2.45) is 5.92 Å². The Morgan fingerprint density at radius 1 is 1.35 bits per heavy atom. The summed E-state index contributed by atoms with van der Waals surface area (Å²) in [6.07, 6.45) is -1.24. The van der Waals surface area contributed by atoms with Crippen LogP contribution in [-0.2, 0) is 23.8 Å². The van der Waals surface area contributed by atoms with Gasteiger partial charge >= 0.3 is 6.18 Å². The maximum absolute atomic E-state index is 13.0.